The van der Waals surface area contributed by atoms with Crippen LogP contribution in [0.2, 0.25) is 109 Å². The summed E-state index contributed by atoms with van der Waals surface area (Å²) in [6, 6.07) is 49.7. The number of phenolic OH excluding ortho intramolecular Hbond substituents is 1. The van der Waals surface area contributed by atoms with Crippen LogP contribution < -0.4 is 50.2 Å². The Labute approximate surface area is 900 Å². The van der Waals surface area contributed by atoms with Crippen LogP contribution in [0, 0.1) is 13.8 Å². The van der Waals surface area contributed by atoms with Gasteiger partial charge in [-0.3, -0.25) is 9.59 Å². The second-order valence-electron chi connectivity index (χ2n) is 48.6. The number of aliphatic hydroxyl groups is 1. The second kappa shape index (κ2) is 53.2. The van der Waals surface area contributed by atoms with E-state index in [1.54, 1.807) is 42.5 Å². The van der Waals surface area contributed by atoms with Gasteiger partial charge in [0.2, 0.25) is 25.0 Å². The molecule has 146 heavy (non-hydrogen) atoms. The van der Waals surface area contributed by atoms with Gasteiger partial charge in [-0.2, -0.15) is 24.8 Å². The summed E-state index contributed by atoms with van der Waals surface area (Å²) in [6.45, 7) is 79.9. The largest absolute Gasteiger partial charge is 1.00 e. The number of carbonyl (C=O) groups is 2. The topological polar surface area (TPSA) is 207 Å². The zero-order valence-electron chi connectivity index (χ0n) is 95.9. The quantitative estimate of drug-likeness (QED) is 0.0369. The molecule has 2 fully saturated rings. The molecule has 0 spiro atoms. The summed E-state index contributed by atoms with van der Waals surface area (Å²) in [4.78, 5) is 25.4. The number of phenols is 1. The van der Waals surface area contributed by atoms with Crippen molar-refractivity contribution in [2.45, 2.75) is 373 Å². The standard InChI is InChI=1S/C33H48O2Si2.C22H30N2O3SSi.C15H22O2Si.2C15H22OSi.C9H8O2.2C4H8O.C4H9.CH4O.Li/c1-32(2,3)36(7,8)34-30-18-12-16-26-24(20-22-28(26)30)14-11-15-25-21-23-29-27(25)17-13-19-31(29)35-37(9,10)33(4,5)6;1-16-10-12-17(13-11-16)28(25,26)24-23-20-15-14-19-18(20)8-7-9-21(19)27-29(5,6)22(2,3)4;1-15(2,3)18(4,5)17-14-8-6-7-11-12(14)9-10-13(11)16;2*1-15(2,3)17(4,5)16-14-11-7-9-12-8-6-10-13(12)14;10-8-3-1-2-6-7(8)4-5-9(6)11;2*1-2-4-5-3-1;1-3-4-2;1-2;/h12-13,16-25H,11,14-15H2,1-10H3;7-13,24H,14-15H2,1-6H3;6-8H,9-10H2,1-5H3;6-7,9-11H,8H2,1-5H3;6-9,11H,10H2,1-5H3;1-3,10H,4-5H2;2*1-4H2;1,3-4H2,2H3;2H,1H3;/q;;;;;;;;-1;;+1/b;23-20-;;;;;;;;;. The summed E-state index contributed by atoms with van der Waals surface area (Å²) >= 11 is 0. The first-order valence-electron chi connectivity index (χ1n) is 53.1. The number of aryl methyl sites for hydroxylation is 1. The molecule has 794 valence electrons. The van der Waals surface area contributed by atoms with E-state index in [0.717, 1.165) is 139 Å². The second-order valence-corrected chi connectivity index (χ2v) is 78.6. The third-order valence-electron chi connectivity index (χ3n) is 31.4. The molecule has 0 bridgehead atoms. The van der Waals surface area contributed by atoms with Crippen molar-refractivity contribution in [1.82, 2.24) is 4.83 Å². The Balaban J connectivity index is 0.000000237. The molecule has 0 saturated carbocycles. The molecule has 16 nitrogen and oxygen atoms in total. The van der Waals surface area contributed by atoms with Gasteiger partial charge in [0.05, 0.1) is 10.6 Å². The van der Waals surface area contributed by atoms with Gasteiger partial charge in [-0.1, -0.05) is 296 Å². The molecule has 8 aromatic rings. The van der Waals surface area contributed by atoms with E-state index in [1.807, 2.05) is 43.3 Å². The molecular formula is C122H181LiN2O14SSi6. The van der Waals surface area contributed by atoms with E-state index in [4.69, 9.17) is 41.1 Å². The van der Waals surface area contributed by atoms with Crippen LogP contribution in [0.1, 0.15) is 313 Å². The van der Waals surface area contributed by atoms with E-state index in [2.05, 4.69) is 348 Å². The number of ether oxygens (including phenoxy) is 2. The smallest absolute Gasteiger partial charge is 0.543 e. The van der Waals surface area contributed by atoms with Crippen LogP contribution in [0.5, 0.6) is 40.2 Å². The average molecular weight is 2110 g/mol. The number of Topliss-reactive ketones (excluding diaryl/α,β-unsaturated/α-hetero) is 2. The minimum Gasteiger partial charge on any atom is -0.543 e. The summed E-state index contributed by atoms with van der Waals surface area (Å²) in [5.74, 6) is 7.78. The van der Waals surface area contributed by atoms with E-state index < -0.39 is 59.9 Å². The summed E-state index contributed by atoms with van der Waals surface area (Å²) in [7, 11) is -13.6. The van der Waals surface area contributed by atoms with E-state index in [0.29, 0.717) is 43.1 Å². The molecule has 2 atom stereocenters. The normalized spacial score (nSPS) is 16.5. The van der Waals surface area contributed by atoms with Gasteiger partial charge in [0.1, 0.15) is 40.2 Å². The van der Waals surface area contributed by atoms with Crippen LogP contribution in [0.15, 0.2) is 186 Å². The number of fused-ring (bicyclic) bond motifs is 7. The molecule has 7 aliphatic carbocycles. The Bertz CT molecular complexity index is 5780. The monoisotopic (exact) mass is 2110 g/mol. The predicted molar refractivity (Wildman–Crippen MR) is 627 cm³/mol. The number of nitrogens with zero attached hydrogens (tertiary/aromatic N) is 1. The zero-order chi connectivity index (χ0) is 108. The fraction of sp³-hybridized carbons (Fsp3) is 0.508. The Kier molecular flexibility index (Phi) is 45.5. The molecule has 2 saturated heterocycles. The number of hydrogen-bond acceptors (Lipinski definition) is 15. The minimum absolute atomic E-state index is 0. The molecule has 0 aromatic heterocycles. The third kappa shape index (κ3) is 33.9. The number of hydrazone groups is 1. The molecular weight excluding hydrogens is 1920 g/mol. The first kappa shape index (κ1) is 125. The molecule has 8 aromatic carbocycles. The van der Waals surface area contributed by atoms with E-state index in [-0.39, 0.29) is 71.3 Å². The van der Waals surface area contributed by atoms with Crippen LogP contribution in [0.3, 0.4) is 0 Å². The fourth-order valence-corrected chi connectivity index (χ4v) is 23.0. The zero-order valence-corrected chi connectivity index (χ0v) is 103. The van der Waals surface area contributed by atoms with Crippen molar-refractivity contribution in [2.75, 3.05) is 33.5 Å². The Morgan fingerprint density at radius 1 is 0.404 bits per heavy atom. The number of sulfonamides is 1. The molecule has 2 heterocycles. The summed E-state index contributed by atoms with van der Waals surface area (Å²) in [6.07, 6.45) is 35.4. The summed E-state index contributed by atoms with van der Waals surface area (Å²) < 4.78 is 74.1. The van der Waals surface area contributed by atoms with Crippen molar-refractivity contribution >= 4 is 102 Å². The van der Waals surface area contributed by atoms with Gasteiger partial charge < -0.3 is 53.2 Å². The van der Waals surface area contributed by atoms with E-state index in [9.17, 15) is 23.1 Å². The Morgan fingerprint density at radius 3 is 1.14 bits per heavy atom. The van der Waals surface area contributed by atoms with Crippen LogP contribution in [0.4, 0.5) is 0 Å². The van der Waals surface area contributed by atoms with Crippen LogP contribution in [-0.4, -0.2) is 119 Å². The number of benzene rings is 8. The number of aliphatic hydroxyl groups excluding tert-OH is 1. The van der Waals surface area contributed by atoms with Gasteiger partial charge in [0.15, 0.2) is 11.6 Å². The molecule has 0 amide bonds. The molecule has 9 aliphatic rings. The van der Waals surface area contributed by atoms with Crippen molar-refractivity contribution in [3.63, 3.8) is 0 Å². The molecule has 3 N–H and O–H groups in total. The first-order chi connectivity index (χ1) is 67.6. The predicted octanol–water partition coefficient (Wildman–Crippen LogP) is 30.4. The maximum Gasteiger partial charge on any atom is 1.00 e. The number of hydrogen-bond donors (Lipinski definition) is 3. The van der Waals surface area contributed by atoms with E-state index in [1.165, 1.54) is 95.9 Å². The number of allylic oxidation sites excluding steroid dienone is 4. The Hall–Kier alpha value is -8.14. The Morgan fingerprint density at radius 2 is 0.740 bits per heavy atom. The fourth-order valence-electron chi connectivity index (χ4n) is 15.9. The number of ketones is 2. The number of nitrogens with one attached hydrogen (secondary N) is 1. The molecule has 24 heteroatoms. The van der Waals surface area contributed by atoms with E-state index >= 15 is 0 Å². The van der Waals surface area contributed by atoms with Crippen molar-refractivity contribution in [3.8, 4) is 40.2 Å². The number of unbranched alkanes of at least 4 members (excludes halogenated alkanes) is 1. The van der Waals surface area contributed by atoms with Crippen molar-refractivity contribution in [1.29, 1.82) is 0 Å². The van der Waals surface area contributed by atoms with Gasteiger partial charge in [-0.05, 0) is 270 Å². The number of rotatable bonds is 20. The van der Waals surface area contributed by atoms with Crippen LogP contribution in [-0.2, 0) is 51.6 Å². The average Bonchev–Trinajstić information content (AvgIpc) is 1.63. The number of aromatic hydroxyl groups is 1. The van der Waals surface area contributed by atoms with Crippen LogP contribution >= 0.6 is 0 Å². The van der Waals surface area contributed by atoms with Crippen molar-refractivity contribution < 1.29 is 83.1 Å². The van der Waals surface area contributed by atoms with Gasteiger partial charge in [0.25, 0.3) is 35.0 Å². The first-order valence-corrected chi connectivity index (χ1v) is 72.0. The summed E-state index contributed by atoms with van der Waals surface area (Å²) in [5, 5.41) is 21.7. The molecule has 0 radical (unpaired) electrons. The van der Waals surface area contributed by atoms with Crippen molar-refractivity contribution in [2.24, 2.45) is 5.10 Å². The molecule has 2 aliphatic heterocycles. The summed E-state index contributed by atoms with van der Waals surface area (Å²) in [5.41, 5.74) is 18.2. The van der Waals surface area contributed by atoms with Gasteiger partial charge in [0, 0.05) is 114 Å². The maximum atomic E-state index is 12.5. The number of carbonyl (C=O) groups excluding carboxylic acids is 2. The maximum absolute atomic E-state index is 12.5. The van der Waals surface area contributed by atoms with Crippen molar-refractivity contribution in [3.05, 3.63) is 266 Å². The molecule has 17 rings (SSSR count). The van der Waals surface area contributed by atoms with Gasteiger partial charge >= 0.3 is 18.9 Å². The third-order valence-corrected chi connectivity index (χ3v) is 58.7. The van der Waals surface area contributed by atoms with Crippen LogP contribution in [0.25, 0.3) is 24.3 Å². The van der Waals surface area contributed by atoms with Gasteiger partial charge in [-0.25, -0.2) is 0 Å². The SMILES string of the molecule is C1CCOC1.C1CCOC1.CC(C)(C)[Si](C)(C)Oc1cccc2c1C=CC2.CC(C)(C)[Si](C)(C)Oc1cccc2c1C=CC2CCCC1C=Cc2c(O[Si](C)(C)C(C)(C)C)cccc21.CC(C)(C)[Si](C)(C)Oc1cccc2c1CC=C2.CC(C)(C)[Si](C)(C)Oc1cccc2c1CCC2=O.CO.Cc1ccc(S(=O)(=O)N/N=C2/CCc3c(O[Si](C)(C)C(C)(C)C)cccc32)cc1.O=C1CCc2c(O)cccc21.[CH2-]CCC.[Li+]. The minimum atomic E-state index is -3.69. The van der Waals surface area contributed by atoms with Gasteiger partial charge in [-0.15, -0.1) is 0 Å². The molecule has 2 unspecified atom stereocenters.